The number of aromatic hydroxyl groups is 4. The fourth-order valence-corrected chi connectivity index (χ4v) is 0.928. The lowest BCUT2D eigenvalue weighted by Gasteiger charge is -1.91. The number of phenols is 4. The van der Waals surface area contributed by atoms with Crippen LogP contribution in [0.4, 0.5) is 0 Å². The molecular weight excluding hydrogens is 316 g/mol. The standard InChI is InChI=1S/2C6H6O2.C2H8N2.C2H4O2/c2*7-5-3-1-2-4-6(5)8;3-1-2-4;1-2(3)4/h2*1-4,7-8H;1-4H2;1H3,(H,3,4). The highest BCUT2D eigenvalue weighted by Gasteiger charge is 1.91. The minimum atomic E-state index is -0.833. The molecule has 134 valence electrons. The molecule has 2 rings (SSSR count). The Balaban J connectivity index is 0. The first-order chi connectivity index (χ1) is 11.3. The summed E-state index contributed by atoms with van der Waals surface area (Å²) < 4.78 is 0. The van der Waals surface area contributed by atoms with Gasteiger partial charge in [0.05, 0.1) is 0 Å². The van der Waals surface area contributed by atoms with Crippen molar-refractivity contribution in [2.24, 2.45) is 11.5 Å². The van der Waals surface area contributed by atoms with Crippen LogP contribution in [0.1, 0.15) is 6.92 Å². The maximum Gasteiger partial charge on any atom is 0.300 e. The lowest BCUT2D eigenvalue weighted by molar-refractivity contribution is -0.134. The molecule has 0 bridgehead atoms. The fourth-order valence-electron chi connectivity index (χ4n) is 0.928. The molecule has 0 spiro atoms. The molecule has 0 aromatic heterocycles. The van der Waals surface area contributed by atoms with Crippen LogP contribution in [0.5, 0.6) is 23.0 Å². The zero-order valence-corrected chi connectivity index (χ0v) is 13.3. The quantitative estimate of drug-likeness (QED) is 0.379. The zero-order valence-electron chi connectivity index (χ0n) is 13.3. The summed E-state index contributed by atoms with van der Waals surface area (Å²) in [5, 5.41) is 42.1. The number of hydrogen-bond acceptors (Lipinski definition) is 7. The third kappa shape index (κ3) is 15.4. The Morgan fingerprint density at radius 2 is 0.917 bits per heavy atom. The number of carboxylic acid groups (broad SMARTS) is 1. The first-order valence-electron chi connectivity index (χ1n) is 6.79. The van der Waals surface area contributed by atoms with E-state index in [1.54, 1.807) is 24.3 Å². The van der Waals surface area contributed by atoms with Gasteiger partial charge in [-0.2, -0.15) is 0 Å². The van der Waals surface area contributed by atoms with Crippen LogP contribution < -0.4 is 11.5 Å². The summed E-state index contributed by atoms with van der Waals surface area (Å²) in [6.45, 7) is 2.28. The van der Waals surface area contributed by atoms with Crippen molar-refractivity contribution in [2.45, 2.75) is 6.92 Å². The van der Waals surface area contributed by atoms with Crippen molar-refractivity contribution < 1.29 is 30.3 Å². The Morgan fingerprint density at radius 1 is 0.750 bits per heavy atom. The van der Waals surface area contributed by atoms with E-state index in [1.807, 2.05) is 0 Å². The van der Waals surface area contributed by atoms with E-state index in [0.717, 1.165) is 6.92 Å². The number of carboxylic acids is 1. The topological polar surface area (TPSA) is 170 Å². The van der Waals surface area contributed by atoms with Crippen molar-refractivity contribution in [3.63, 3.8) is 0 Å². The van der Waals surface area contributed by atoms with Gasteiger partial charge in [0.15, 0.2) is 23.0 Å². The van der Waals surface area contributed by atoms with Crippen molar-refractivity contribution in [2.75, 3.05) is 13.1 Å². The predicted octanol–water partition coefficient (Wildman–Crippen LogP) is 1.19. The van der Waals surface area contributed by atoms with Crippen LogP contribution in [0, 0.1) is 0 Å². The van der Waals surface area contributed by atoms with Crippen molar-refractivity contribution in [3.05, 3.63) is 48.5 Å². The molecule has 0 aliphatic carbocycles. The Bertz CT molecular complexity index is 486. The van der Waals surface area contributed by atoms with E-state index in [-0.39, 0.29) is 23.0 Å². The molecular formula is C16H24N2O6. The summed E-state index contributed by atoms with van der Waals surface area (Å²) >= 11 is 0. The molecule has 0 amide bonds. The maximum absolute atomic E-state index is 9.00. The molecule has 9 N–H and O–H groups in total. The first-order valence-corrected chi connectivity index (χ1v) is 6.79. The minimum Gasteiger partial charge on any atom is -0.504 e. The van der Waals surface area contributed by atoms with Crippen LogP contribution in [0.15, 0.2) is 48.5 Å². The molecule has 0 radical (unpaired) electrons. The van der Waals surface area contributed by atoms with Crippen molar-refractivity contribution in [1.29, 1.82) is 0 Å². The number of rotatable bonds is 1. The van der Waals surface area contributed by atoms with Gasteiger partial charge in [0, 0.05) is 20.0 Å². The number of hydrogen-bond donors (Lipinski definition) is 7. The predicted molar refractivity (Wildman–Crippen MR) is 91.0 cm³/mol. The first kappa shape index (κ1) is 23.3. The maximum atomic E-state index is 9.00. The third-order valence-corrected chi connectivity index (χ3v) is 1.93. The lowest BCUT2D eigenvalue weighted by Crippen LogP contribution is -2.11. The molecule has 8 heteroatoms. The van der Waals surface area contributed by atoms with Crippen LogP contribution in [0.3, 0.4) is 0 Å². The smallest absolute Gasteiger partial charge is 0.300 e. The highest BCUT2D eigenvalue weighted by Crippen LogP contribution is 2.21. The SMILES string of the molecule is CC(=O)O.NCCN.Oc1ccccc1O.Oc1ccccc1O. The monoisotopic (exact) mass is 340 g/mol. The van der Waals surface area contributed by atoms with E-state index in [0.29, 0.717) is 13.1 Å². The average Bonchev–Trinajstić information content (AvgIpc) is 2.53. The van der Waals surface area contributed by atoms with Gasteiger partial charge in [0.2, 0.25) is 0 Å². The van der Waals surface area contributed by atoms with Gasteiger partial charge in [-0.15, -0.1) is 0 Å². The molecule has 0 saturated carbocycles. The molecule has 24 heavy (non-hydrogen) atoms. The van der Waals surface area contributed by atoms with Crippen molar-refractivity contribution >= 4 is 5.97 Å². The number of phenolic OH excluding ortho intramolecular Hbond substituents is 4. The molecule has 0 unspecified atom stereocenters. The largest absolute Gasteiger partial charge is 0.504 e. The number of nitrogens with two attached hydrogens (primary N) is 2. The van der Waals surface area contributed by atoms with Crippen molar-refractivity contribution in [1.82, 2.24) is 0 Å². The van der Waals surface area contributed by atoms with Crippen LogP contribution in [-0.2, 0) is 4.79 Å². The second-order valence-corrected chi connectivity index (χ2v) is 4.07. The molecule has 0 fully saturated rings. The Morgan fingerprint density at radius 3 is 1.00 bits per heavy atom. The fraction of sp³-hybridized carbons (Fsp3) is 0.188. The number of carbonyl (C=O) groups is 1. The van der Waals surface area contributed by atoms with Gasteiger partial charge in [-0.25, -0.2) is 0 Å². The van der Waals surface area contributed by atoms with Gasteiger partial charge in [0.1, 0.15) is 0 Å². The van der Waals surface area contributed by atoms with E-state index in [4.69, 9.17) is 41.8 Å². The number of para-hydroxylation sites is 4. The van der Waals surface area contributed by atoms with Crippen LogP contribution in [0.2, 0.25) is 0 Å². The second-order valence-electron chi connectivity index (χ2n) is 4.07. The molecule has 0 atom stereocenters. The highest BCUT2D eigenvalue weighted by atomic mass is 16.4. The van der Waals surface area contributed by atoms with E-state index in [1.165, 1.54) is 24.3 Å². The van der Waals surface area contributed by atoms with Crippen molar-refractivity contribution in [3.8, 4) is 23.0 Å². The Labute approximate surface area is 140 Å². The second kappa shape index (κ2) is 14.9. The van der Waals surface area contributed by atoms with E-state index in [2.05, 4.69) is 0 Å². The summed E-state index contributed by atoms with van der Waals surface area (Å²) in [6, 6.07) is 12.3. The summed E-state index contributed by atoms with van der Waals surface area (Å²) in [6.07, 6.45) is 0. The normalized spacial score (nSPS) is 8.29. The molecule has 0 aliphatic heterocycles. The molecule has 2 aromatic rings. The highest BCUT2D eigenvalue weighted by molar-refractivity contribution is 5.62. The Hall–Kier alpha value is -2.97. The molecule has 0 heterocycles. The van der Waals surface area contributed by atoms with Gasteiger partial charge < -0.3 is 37.0 Å². The summed E-state index contributed by atoms with van der Waals surface area (Å²) in [4.78, 5) is 9.00. The summed E-state index contributed by atoms with van der Waals surface area (Å²) in [5.41, 5.74) is 9.81. The van der Waals surface area contributed by atoms with Gasteiger partial charge >= 0.3 is 0 Å². The molecule has 2 aromatic carbocycles. The lowest BCUT2D eigenvalue weighted by atomic mass is 10.3. The number of aliphatic carboxylic acids is 1. The zero-order chi connectivity index (χ0) is 19.0. The van der Waals surface area contributed by atoms with E-state index < -0.39 is 5.97 Å². The van der Waals surface area contributed by atoms with Crippen LogP contribution in [0.25, 0.3) is 0 Å². The van der Waals surface area contributed by atoms with Gasteiger partial charge in [-0.3, -0.25) is 4.79 Å². The summed E-state index contributed by atoms with van der Waals surface area (Å²) in [5.74, 6) is -1.14. The number of benzene rings is 2. The summed E-state index contributed by atoms with van der Waals surface area (Å²) in [7, 11) is 0. The van der Waals surface area contributed by atoms with Crippen LogP contribution in [-0.4, -0.2) is 44.6 Å². The average molecular weight is 340 g/mol. The van der Waals surface area contributed by atoms with Gasteiger partial charge in [-0.1, -0.05) is 24.3 Å². The molecule has 8 nitrogen and oxygen atoms in total. The van der Waals surface area contributed by atoms with Crippen LogP contribution >= 0.6 is 0 Å². The Kier molecular flexibility index (Phi) is 14.5. The minimum absolute atomic E-state index is 0.0764. The molecule has 0 aliphatic rings. The van der Waals surface area contributed by atoms with E-state index >= 15 is 0 Å². The molecule has 0 saturated heterocycles. The van der Waals surface area contributed by atoms with Gasteiger partial charge in [0.25, 0.3) is 5.97 Å². The van der Waals surface area contributed by atoms with Gasteiger partial charge in [-0.05, 0) is 24.3 Å². The van der Waals surface area contributed by atoms with E-state index in [9.17, 15) is 0 Å². The third-order valence-electron chi connectivity index (χ3n) is 1.93.